The molecule has 0 aliphatic heterocycles. The van der Waals surface area contributed by atoms with Gasteiger partial charge in [-0.1, -0.05) is 41.9 Å². The van der Waals surface area contributed by atoms with E-state index >= 15 is 0 Å². The summed E-state index contributed by atoms with van der Waals surface area (Å²) in [5.74, 6) is -1.47. The molecular weight excluding hydrogens is 397 g/mol. The fraction of sp³-hybridized carbons (Fsp3) is 0.400. The zero-order chi connectivity index (χ0) is 19.9. The van der Waals surface area contributed by atoms with E-state index in [9.17, 15) is 24.2 Å². The highest BCUT2D eigenvalue weighted by atomic mass is 32.5. The third kappa shape index (κ3) is 4.49. The van der Waals surface area contributed by atoms with Gasteiger partial charge in [0.05, 0.1) is 0 Å². The quantitative estimate of drug-likeness (QED) is 0.653. The number of carboxylic acids is 1. The molecule has 0 radical (unpaired) electrons. The van der Waals surface area contributed by atoms with Crippen LogP contribution < -0.4 is 4.74 Å². The molecule has 2 N–H and O–H groups in total. The Morgan fingerprint density at radius 3 is 2.19 bits per heavy atom. The molecule has 0 bridgehead atoms. The fourth-order valence-corrected chi connectivity index (χ4v) is 3.76. The summed E-state index contributed by atoms with van der Waals surface area (Å²) in [6, 6.07) is 3.01. The average Bonchev–Trinajstić information content (AvgIpc) is 3.02. The van der Waals surface area contributed by atoms with Crippen LogP contribution in [0.1, 0.15) is 47.7 Å². The van der Waals surface area contributed by atoms with Crippen molar-refractivity contribution in [1.82, 2.24) is 15.4 Å². The van der Waals surface area contributed by atoms with Crippen LogP contribution in [0.25, 0.3) is 0 Å². The Labute approximate surface area is 150 Å². The molecule has 6 nitrogen and oxygen atoms in total. The fourth-order valence-electron chi connectivity index (χ4n) is 3.11. The second-order valence-electron chi connectivity index (χ2n) is 6.43. The average molecular weight is 413 g/mol. The maximum absolute atomic E-state index is 12.8. The lowest BCUT2D eigenvalue weighted by Crippen LogP contribution is -2.24. The molecule has 1 fully saturated rings. The lowest BCUT2D eigenvalue weighted by Gasteiger charge is -2.40. The van der Waals surface area contributed by atoms with E-state index in [0.29, 0.717) is 43.4 Å². The Balaban J connectivity index is 1.63. The highest BCUT2D eigenvalue weighted by Crippen LogP contribution is 3.02. The zero-order valence-electron chi connectivity index (χ0n) is 13.7. The van der Waals surface area contributed by atoms with E-state index in [1.807, 2.05) is 0 Å². The lowest BCUT2D eigenvalue weighted by molar-refractivity contribution is 0.0677. The number of aromatic carboxylic acids is 1. The van der Waals surface area contributed by atoms with Gasteiger partial charge in [0.1, 0.15) is 11.0 Å². The highest BCUT2D eigenvalue weighted by molar-refractivity contribution is 8.45. The molecule has 0 unspecified atom stereocenters. The van der Waals surface area contributed by atoms with Crippen molar-refractivity contribution in [3.05, 3.63) is 35.5 Å². The van der Waals surface area contributed by atoms with Gasteiger partial charge in [-0.05, 0) is 49.3 Å². The first-order chi connectivity index (χ1) is 12.3. The second-order valence-corrected chi connectivity index (χ2v) is 8.84. The number of nitrogens with one attached hydrogen (secondary N) is 1. The molecule has 1 aliphatic rings. The number of benzene rings is 1. The van der Waals surface area contributed by atoms with Gasteiger partial charge >= 0.3 is 16.2 Å². The van der Waals surface area contributed by atoms with E-state index in [4.69, 9.17) is 9.84 Å². The first-order valence-corrected chi connectivity index (χ1v) is 9.93. The third-order valence-electron chi connectivity index (χ3n) is 4.48. The van der Waals surface area contributed by atoms with Crippen LogP contribution in [0, 0.1) is 0 Å². The number of carboxylic acid groups (broad SMARTS) is 1. The number of carbonyl (C=O) groups is 1. The third-order valence-corrected chi connectivity index (χ3v) is 5.64. The van der Waals surface area contributed by atoms with Crippen LogP contribution in [-0.2, 0) is 0 Å². The van der Waals surface area contributed by atoms with E-state index < -0.39 is 21.1 Å². The first kappa shape index (κ1) is 19.4. The summed E-state index contributed by atoms with van der Waals surface area (Å²) in [6.07, 6.45) is 1.83. The van der Waals surface area contributed by atoms with Crippen LogP contribution in [-0.4, -0.2) is 32.6 Å². The molecule has 3 rings (SSSR count). The molecule has 0 saturated heterocycles. The molecular formula is C15H16F5N3O3S. The number of aromatic nitrogens is 3. The molecule has 0 atom stereocenters. The Bertz CT molecular complexity index is 846. The summed E-state index contributed by atoms with van der Waals surface area (Å²) >= 11 is 0. The van der Waals surface area contributed by atoms with E-state index in [0.717, 1.165) is 12.1 Å². The van der Waals surface area contributed by atoms with E-state index in [2.05, 4.69) is 15.4 Å². The summed E-state index contributed by atoms with van der Waals surface area (Å²) in [5, 5.41) is 18.1. The summed E-state index contributed by atoms with van der Waals surface area (Å²) in [7, 11) is -9.66. The van der Waals surface area contributed by atoms with Gasteiger partial charge in [-0.2, -0.15) is 0 Å². The molecule has 12 heteroatoms. The molecule has 1 aromatic carbocycles. The van der Waals surface area contributed by atoms with Crippen molar-refractivity contribution in [3.63, 3.8) is 0 Å². The molecule has 0 spiro atoms. The molecule has 1 aliphatic carbocycles. The normalized spacial score (nSPS) is 23.3. The summed E-state index contributed by atoms with van der Waals surface area (Å²) < 4.78 is 69.4. The Morgan fingerprint density at radius 2 is 1.67 bits per heavy atom. The van der Waals surface area contributed by atoms with Crippen molar-refractivity contribution >= 4 is 16.2 Å². The number of nitrogens with zero attached hydrogens (tertiary/aromatic N) is 2. The number of aromatic amines is 1. The van der Waals surface area contributed by atoms with Crippen LogP contribution in [0.4, 0.5) is 19.4 Å². The minimum atomic E-state index is -9.66. The summed E-state index contributed by atoms with van der Waals surface area (Å²) in [5.41, 5.74) is 0.287. The molecule has 2 aromatic rings. The Kier molecular flexibility index (Phi) is 4.17. The lowest BCUT2D eigenvalue weighted by atomic mass is 9.83. The van der Waals surface area contributed by atoms with Crippen LogP contribution in [0.5, 0.6) is 5.88 Å². The predicted octanol–water partition coefficient (Wildman–Crippen LogP) is 5.27. The van der Waals surface area contributed by atoms with Gasteiger partial charge in [-0.25, -0.2) is 9.89 Å². The van der Waals surface area contributed by atoms with Gasteiger partial charge < -0.3 is 9.84 Å². The largest absolute Gasteiger partial charge is 0.476 e. The van der Waals surface area contributed by atoms with Gasteiger partial charge in [0.2, 0.25) is 5.69 Å². The molecule has 150 valence electrons. The van der Waals surface area contributed by atoms with E-state index in [-0.39, 0.29) is 23.6 Å². The molecule has 1 heterocycles. The molecule has 0 amide bonds. The van der Waals surface area contributed by atoms with Crippen LogP contribution in [0.15, 0.2) is 29.2 Å². The van der Waals surface area contributed by atoms with Crippen molar-refractivity contribution in [1.29, 1.82) is 0 Å². The van der Waals surface area contributed by atoms with Crippen molar-refractivity contribution < 1.29 is 34.1 Å². The smallest absolute Gasteiger partial charge is 0.359 e. The van der Waals surface area contributed by atoms with Gasteiger partial charge in [0, 0.05) is 0 Å². The van der Waals surface area contributed by atoms with Crippen molar-refractivity contribution in [2.24, 2.45) is 0 Å². The summed E-state index contributed by atoms with van der Waals surface area (Å²) in [4.78, 5) is 9.08. The maximum Gasteiger partial charge on any atom is 0.359 e. The monoisotopic (exact) mass is 413 g/mol. The van der Waals surface area contributed by atoms with Gasteiger partial charge in [0.15, 0.2) is 0 Å². The van der Waals surface area contributed by atoms with Crippen molar-refractivity contribution in [2.45, 2.75) is 42.6 Å². The van der Waals surface area contributed by atoms with Crippen LogP contribution >= 0.6 is 10.2 Å². The number of rotatable bonds is 5. The van der Waals surface area contributed by atoms with Gasteiger partial charge in [-0.3, -0.25) is 0 Å². The zero-order valence-corrected chi connectivity index (χ0v) is 14.6. The topological polar surface area (TPSA) is 88.1 Å². The number of hydrogen-bond acceptors (Lipinski definition) is 4. The first-order valence-electron chi connectivity index (χ1n) is 7.98. The number of ether oxygens (including phenoxy) is 1. The minimum absolute atomic E-state index is 0.0892. The van der Waals surface area contributed by atoms with Crippen LogP contribution in [0.3, 0.4) is 0 Å². The number of halogens is 5. The standard InChI is InChI=1S/C15H16F5N3O3S/c16-27(17,18,19,20)12-7-3-10(4-8-12)9-1-5-11(6-2-9)26-14-13(15(24)25)21-23-22-14/h3-4,7-9,11H,1-2,5-6H2,(H,24,25)(H,21,22,23). The Hall–Kier alpha value is -2.37. The highest BCUT2D eigenvalue weighted by Gasteiger charge is 2.65. The molecule has 1 saturated carbocycles. The molecule has 1 aromatic heterocycles. The number of H-pyrrole nitrogens is 1. The van der Waals surface area contributed by atoms with Crippen LogP contribution in [0.2, 0.25) is 0 Å². The van der Waals surface area contributed by atoms with Crippen molar-refractivity contribution in [3.8, 4) is 5.88 Å². The van der Waals surface area contributed by atoms with Crippen molar-refractivity contribution in [2.75, 3.05) is 0 Å². The predicted molar refractivity (Wildman–Crippen MR) is 86.8 cm³/mol. The SMILES string of the molecule is O=C(O)c1[nH]nnc1OC1CCC(c2ccc(S(F)(F)(F)(F)F)cc2)CC1. The molecule has 27 heavy (non-hydrogen) atoms. The maximum atomic E-state index is 12.8. The van der Waals surface area contributed by atoms with Gasteiger partial charge in [0.25, 0.3) is 5.88 Å². The van der Waals surface area contributed by atoms with E-state index in [1.54, 1.807) is 0 Å². The Morgan fingerprint density at radius 1 is 1.07 bits per heavy atom. The van der Waals surface area contributed by atoms with E-state index in [1.165, 1.54) is 0 Å². The second kappa shape index (κ2) is 5.81. The summed E-state index contributed by atoms with van der Waals surface area (Å²) in [6.45, 7) is 0. The number of hydrogen-bond donors (Lipinski definition) is 2. The minimum Gasteiger partial charge on any atom is -0.476 e. The van der Waals surface area contributed by atoms with Gasteiger partial charge in [-0.15, -0.1) is 0 Å².